The van der Waals surface area contributed by atoms with E-state index in [4.69, 9.17) is 16.7 Å². The summed E-state index contributed by atoms with van der Waals surface area (Å²) in [5.41, 5.74) is 0. The first-order valence-electron chi connectivity index (χ1n) is 5.61. The molecule has 0 bridgehead atoms. The second-order valence-corrected chi connectivity index (χ2v) is 5.49. The van der Waals surface area contributed by atoms with Crippen LogP contribution in [-0.2, 0) is 4.74 Å². The highest BCUT2D eigenvalue weighted by molar-refractivity contribution is 7.18. The predicted octanol–water partition coefficient (Wildman–Crippen LogP) is 2.40. The third-order valence-corrected chi connectivity index (χ3v) is 3.86. The number of thiazole rings is 1. The molecule has 0 radical (unpaired) electrons. The zero-order valence-electron chi connectivity index (χ0n) is 10.6. The Kier molecular flexibility index (Phi) is 5.84. The summed E-state index contributed by atoms with van der Waals surface area (Å²) in [5.74, 6) is -0.157. The zero-order valence-corrected chi connectivity index (χ0v) is 12.1. The number of aromatic nitrogens is 1. The van der Waals surface area contributed by atoms with Crippen LogP contribution in [0.15, 0.2) is 0 Å². The van der Waals surface area contributed by atoms with Crippen LogP contribution in [0.4, 0.5) is 5.13 Å². The maximum atomic E-state index is 11.4. The molecule has 18 heavy (non-hydrogen) atoms. The van der Waals surface area contributed by atoms with E-state index in [-0.39, 0.29) is 22.7 Å². The van der Waals surface area contributed by atoms with Gasteiger partial charge in [0.05, 0.1) is 7.11 Å². The van der Waals surface area contributed by atoms with Crippen molar-refractivity contribution in [2.24, 2.45) is 5.92 Å². The van der Waals surface area contributed by atoms with Crippen LogP contribution < -0.4 is 5.32 Å². The Morgan fingerprint density at radius 1 is 1.61 bits per heavy atom. The monoisotopic (exact) mass is 292 g/mol. The van der Waals surface area contributed by atoms with Crippen molar-refractivity contribution in [1.82, 2.24) is 4.98 Å². The van der Waals surface area contributed by atoms with Gasteiger partial charge in [-0.25, -0.2) is 9.78 Å². The summed E-state index contributed by atoms with van der Waals surface area (Å²) in [4.78, 5) is 15.7. The SMILES string of the molecule is COC(=O)c1sc(NC(CCO)C(C)C)nc1Cl. The molecule has 2 N–H and O–H groups in total. The first-order chi connectivity index (χ1) is 8.49. The molecule has 0 fully saturated rings. The molecule has 0 amide bonds. The van der Waals surface area contributed by atoms with Crippen LogP contribution in [0.3, 0.4) is 0 Å². The summed E-state index contributed by atoms with van der Waals surface area (Å²) in [7, 11) is 1.30. The molecule has 0 aliphatic heterocycles. The molecule has 1 aromatic rings. The van der Waals surface area contributed by atoms with E-state index in [1.807, 2.05) is 13.8 Å². The summed E-state index contributed by atoms with van der Waals surface area (Å²) < 4.78 is 4.61. The number of ether oxygens (including phenoxy) is 1. The molecule has 0 saturated carbocycles. The summed E-state index contributed by atoms with van der Waals surface area (Å²) >= 11 is 7.02. The molecule has 5 nitrogen and oxygen atoms in total. The van der Waals surface area contributed by atoms with E-state index in [1.54, 1.807) is 0 Å². The Hall–Kier alpha value is -0.850. The Labute approximate surface area is 115 Å². The fraction of sp³-hybridized carbons (Fsp3) is 0.636. The van der Waals surface area contributed by atoms with E-state index in [1.165, 1.54) is 7.11 Å². The van der Waals surface area contributed by atoms with Crippen LogP contribution in [0.2, 0.25) is 5.15 Å². The molecule has 1 atom stereocenters. The topological polar surface area (TPSA) is 71.5 Å². The molecule has 0 aliphatic carbocycles. The van der Waals surface area contributed by atoms with Gasteiger partial charge in [0.1, 0.15) is 0 Å². The number of rotatable bonds is 6. The quantitative estimate of drug-likeness (QED) is 0.788. The number of halogens is 1. The number of esters is 1. The van der Waals surface area contributed by atoms with E-state index in [2.05, 4.69) is 15.0 Å². The molecule has 1 unspecified atom stereocenters. The predicted molar refractivity (Wildman–Crippen MR) is 72.4 cm³/mol. The van der Waals surface area contributed by atoms with Gasteiger partial charge in [-0.3, -0.25) is 0 Å². The van der Waals surface area contributed by atoms with Crippen molar-refractivity contribution in [3.8, 4) is 0 Å². The third kappa shape index (κ3) is 3.83. The number of carbonyl (C=O) groups excluding carboxylic acids is 1. The summed E-state index contributed by atoms with van der Waals surface area (Å²) in [5, 5.41) is 12.9. The molecule has 1 heterocycles. The molecule has 7 heteroatoms. The molecular weight excluding hydrogens is 276 g/mol. The number of hydrogen-bond acceptors (Lipinski definition) is 6. The second-order valence-electron chi connectivity index (χ2n) is 4.14. The number of nitrogens with zero attached hydrogens (tertiary/aromatic N) is 1. The molecule has 1 rings (SSSR count). The van der Waals surface area contributed by atoms with Gasteiger partial charge in [0.15, 0.2) is 15.2 Å². The van der Waals surface area contributed by atoms with Crippen molar-refractivity contribution in [2.45, 2.75) is 26.3 Å². The van der Waals surface area contributed by atoms with Crippen molar-refractivity contribution in [3.05, 3.63) is 10.0 Å². The maximum Gasteiger partial charge on any atom is 0.351 e. The summed E-state index contributed by atoms with van der Waals surface area (Å²) in [6.07, 6.45) is 0.614. The van der Waals surface area contributed by atoms with Gasteiger partial charge >= 0.3 is 5.97 Å². The van der Waals surface area contributed by atoms with Gasteiger partial charge in [0.25, 0.3) is 0 Å². The van der Waals surface area contributed by atoms with Gasteiger partial charge in [-0.05, 0) is 12.3 Å². The first kappa shape index (κ1) is 15.2. The van der Waals surface area contributed by atoms with Crippen molar-refractivity contribution in [3.63, 3.8) is 0 Å². The maximum absolute atomic E-state index is 11.4. The summed E-state index contributed by atoms with van der Waals surface area (Å²) in [6, 6.07) is 0.0858. The molecule has 0 spiro atoms. The van der Waals surface area contributed by atoms with Gasteiger partial charge in [-0.1, -0.05) is 36.8 Å². The van der Waals surface area contributed by atoms with Gasteiger partial charge < -0.3 is 15.2 Å². The van der Waals surface area contributed by atoms with E-state index in [0.29, 0.717) is 17.5 Å². The molecule has 102 valence electrons. The molecule has 0 aliphatic rings. The number of aliphatic hydroxyl groups is 1. The minimum atomic E-state index is -0.492. The lowest BCUT2D eigenvalue weighted by Crippen LogP contribution is -2.26. The smallest absolute Gasteiger partial charge is 0.351 e. The van der Waals surface area contributed by atoms with E-state index in [9.17, 15) is 4.79 Å². The number of carbonyl (C=O) groups is 1. The van der Waals surface area contributed by atoms with Crippen LogP contribution in [0.25, 0.3) is 0 Å². The first-order valence-corrected chi connectivity index (χ1v) is 6.81. The Balaban J connectivity index is 2.81. The van der Waals surface area contributed by atoms with Crippen LogP contribution in [0, 0.1) is 5.92 Å². The molecule has 1 aromatic heterocycles. The minimum Gasteiger partial charge on any atom is -0.465 e. The van der Waals surface area contributed by atoms with Crippen LogP contribution in [0.1, 0.15) is 29.9 Å². The van der Waals surface area contributed by atoms with Crippen molar-refractivity contribution in [1.29, 1.82) is 0 Å². The van der Waals surface area contributed by atoms with Crippen LogP contribution in [-0.4, -0.2) is 35.8 Å². The fourth-order valence-corrected chi connectivity index (χ4v) is 2.62. The van der Waals surface area contributed by atoms with Crippen molar-refractivity contribution >= 4 is 34.0 Å². The van der Waals surface area contributed by atoms with Crippen molar-refractivity contribution < 1.29 is 14.6 Å². The van der Waals surface area contributed by atoms with Gasteiger partial charge in [-0.15, -0.1) is 0 Å². The normalized spacial score (nSPS) is 12.6. The fourth-order valence-electron chi connectivity index (χ4n) is 1.45. The molecule has 0 saturated heterocycles. The Bertz CT molecular complexity index is 409. The van der Waals surface area contributed by atoms with Gasteiger partial charge in [-0.2, -0.15) is 0 Å². The number of hydrogen-bond donors (Lipinski definition) is 2. The number of methoxy groups -OCH3 is 1. The lowest BCUT2D eigenvalue weighted by Gasteiger charge is -2.20. The summed E-state index contributed by atoms with van der Waals surface area (Å²) in [6.45, 7) is 4.19. The van der Waals surface area contributed by atoms with Crippen LogP contribution in [0.5, 0.6) is 0 Å². The van der Waals surface area contributed by atoms with E-state index in [0.717, 1.165) is 11.3 Å². The third-order valence-electron chi connectivity index (χ3n) is 2.51. The van der Waals surface area contributed by atoms with Gasteiger partial charge in [0, 0.05) is 12.6 Å². The van der Waals surface area contributed by atoms with E-state index < -0.39 is 5.97 Å². The average Bonchev–Trinajstić information content (AvgIpc) is 2.68. The standard InChI is InChI=1S/C11H17ClN2O3S/c1-6(2)7(4-5-15)13-11-14-9(12)8(18-11)10(16)17-3/h6-7,15H,4-5H2,1-3H3,(H,13,14). The number of anilines is 1. The molecule has 0 aromatic carbocycles. The second kappa shape index (κ2) is 6.92. The van der Waals surface area contributed by atoms with Crippen molar-refractivity contribution in [2.75, 3.05) is 19.0 Å². The Morgan fingerprint density at radius 2 is 2.28 bits per heavy atom. The van der Waals surface area contributed by atoms with Crippen LogP contribution >= 0.6 is 22.9 Å². The highest BCUT2D eigenvalue weighted by Crippen LogP contribution is 2.28. The van der Waals surface area contributed by atoms with E-state index >= 15 is 0 Å². The number of aliphatic hydroxyl groups excluding tert-OH is 1. The highest BCUT2D eigenvalue weighted by Gasteiger charge is 2.20. The highest BCUT2D eigenvalue weighted by atomic mass is 35.5. The Morgan fingerprint density at radius 3 is 2.78 bits per heavy atom. The number of nitrogens with one attached hydrogen (secondary N) is 1. The molecular formula is C11H17ClN2O3S. The minimum absolute atomic E-state index is 0.0858. The van der Waals surface area contributed by atoms with Gasteiger partial charge in [0.2, 0.25) is 0 Å². The zero-order chi connectivity index (χ0) is 13.7. The lowest BCUT2D eigenvalue weighted by molar-refractivity contribution is 0.0606. The average molecular weight is 293 g/mol. The largest absolute Gasteiger partial charge is 0.465 e. The lowest BCUT2D eigenvalue weighted by atomic mass is 10.0.